The monoisotopic (exact) mass is 241 g/mol. The van der Waals surface area contributed by atoms with Gasteiger partial charge in [-0.3, -0.25) is 0 Å². The average molecular weight is 242 g/mol. The van der Waals surface area contributed by atoms with Gasteiger partial charge < -0.3 is 15.2 Å². The van der Waals surface area contributed by atoms with Crippen molar-refractivity contribution in [1.82, 2.24) is 0 Å². The fraction of sp³-hybridized carbons (Fsp3) is 0.333. The Morgan fingerprint density at radius 1 is 1.50 bits per heavy atom. The van der Waals surface area contributed by atoms with Crippen LogP contribution in [-0.4, -0.2) is 13.7 Å². The van der Waals surface area contributed by atoms with Crippen molar-refractivity contribution >= 4 is 11.6 Å². The molecule has 0 spiro atoms. The van der Waals surface area contributed by atoms with Crippen LogP contribution >= 0.6 is 11.6 Å². The van der Waals surface area contributed by atoms with Gasteiger partial charge in [0.2, 0.25) is 0 Å². The van der Waals surface area contributed by atoms with Gasteiger partial charge in [0.05, 0.1) is 12.1 Å². The van der Waals surface area contributed by atoms with Crippen molar-refractivity contribution < 1.29 is 9.47 Å². The van der Waals surface area contributed by atoms with E-state index in [-0.39, 0.29) is 0 Å². The number of methoxy groups -OCH3 is 1. The van der Waals surface area contributed by atoms with Gasteiger partial charge in [-0.2, -0.15) is 0 Å². The summed E-state index contributed by atoms with van der Waals surface area (Å²) >= 11 is 6.09. The molecular weight excluding hydrogens is 226 g/mol. The van der Waals surface area contributed by atoms with E-state index in [1.165, 1.54) is 0 Å². The molecule has 16 heavy (non-hydrogen) atoms. The van der Waals surface area contributed by atoms with E-state index in [2.05, 4.69) is 6.58 Å². The van der Waals surface area contributed by atoms with Crippen molar-refractivity contribution in [3.63, 3.8) is 0 Å². The summed E-state index contributed by atoms with van der Waals surface area (Å²) in [5.41, 5.74) is 7.37. The van der Waals surface area contributed by atoms with Crippen LogP contribution in [0.2, 0.25) is 5.02 Å². The number of benzene rings is 1. The molecule has 0 fully saturated rings. The van der Waals surface area contributed by atoms with Gasteiger partial charge in [0, 0.05) is 6.54 Å². The van der Waals surface area contributed by atoms with E-state index in [9.17, 15) is 0 Å². The zero-order chi connectivity index (χ0) is 12.1. The Balaban J connectivity index is 3.01. The Morgan fingerprint density at radius 3 is 2.69 bits per heavy atom. The highest BCUT2D eigenvalue weighted by molar-refractivity contribution is 6.32. The van der Waals surface area contributed by atoms with Crippen molar-refractivity contribution in [2.45, 2.75) is 13.5 Å². The van der Waals surface area contributed by atoms with E-state index >= 15 is 0 Å². The fourth-order valence-corrected chi connectivity index (χ4v) is 1.51. The molecule has 0 radical (unpaired) electrons. The summed E-state index contributed by atoms with van der Waals surface area (Å²) in [4.78, 5) is 0. The summed E-state index contributed by atoms with van der Waals surface area (Å²) in [7, 11) is 1.57. The van der Waals surface area contributed by atoms with Crippen LogP contribution in [-0.2, 0) is 6.54 Å². The quantitative estimate of drug-likeness (QED) is 0.807. The summed E-state index contributed by atoms with van der Waals surface area (Å²) in [6.07, 6.45) is 0. The molecule has 0 aliphatic rings. The second-order valence-corrected chi connectivity index (χ2v) is 3.97. The van der Waals surface area contributed by atoms with Gasteiger partial charge in [-0.15, -0.1) is 0 Å². The number of halogens is 1. The van der Waals surface area contributed by atoms with Crippen molar-refractivity contribution in [3.8, 4) is 11.5 Å². The lowest BCUT2D eigenvalue weighted by Crippen LogP contribution is -2.03. The SMILES string of the molecule is C=C(C)COc1c(Cl)cc(CN)cc1OC. The molecule has 2 N–H and O–H groups in total. The van der Waals surface area contributed by atoms with E-state index < -0.39 is 0 Å². The van der Waals surface area contributed by atoms with Gasteiger partial charge >= 0.3 is 0 Å². The lowest BCUT2D eigenvalue weighted by molar-refractivity contribution is 0.319. The normalized spacial score (nSPS) is 10.0. The number of nitrogens with two attached hydrogens (primary N) is 1. The molecule has 1 aromatic rings. The summed E-state index contributed by atoms with van der Waals surface area (Å²) in [6.45, 7) is 6.47. The first-order chi connectivity index (χ1) is 7.58. The second kappa shape index (κ2) is 5.77. The first-order valence-electron chi connectivity index (χ1n) is 4.92. The maximum absolute atomic E-state index is 6.09. The van der Waals surface area contributed by atoms with Crippen molar-refractivity contribution in [1.29, 1.82) is 0 Å². The van der Waals surface area contributed by atoms with E-state index in [1.54, 1.807) is 13.2 Å². The molecule has 0 saturated carbocycles. The summed E-state index contributed by atoms with van der Waals surface area (Å²) in [5.74, 6) is 1.12. The largest absolute Gasteiger partial charge is 0.493 e. The van der Waals surface area contributed by atoms with Crippen LogP contribution < -0.4 is 15.2 Å². The highest BCUT2D eigenvalue weighted by Crippen LogP contribution is 2.36. The number of ether oxygens (including phenoxy) is 2. The van der Waals surface area contributed by atoms with Gasteiger partial charge in [-0.25, -0.2) is 0 Å². The molecule has 0 amide bonds. The average Bonchev–Trinajstić information content (AvgIpc) is 2.26. The maximum atomic E-state index is 6.09. The molecule has 0 aliphatic heterocycles. The Labute approximate surface area is 101 Å². The van der Waals surface area contributed by atoms with E-state index in [1.807, 2.05) is 13.0 Å². The zero-order valence-electron chi connectivity index (χ0n) is 9.55. The third kappa shape index (κ3) is 3.15. The minimum absolute atomic E-state index is 0.414. The minimum Gasteiger partial charge on any atom is -0.493 e. The smallest absolute Gasteiger partial charge is 0.180 e. The topological polar surface area (TPSA) is 44.5 Å². The first kappa shape index (κ1) is 12.9. The van der Waals surface area contributed by atoms with Crippen LogP contribution in [0, 0.1) is 0 Å². The molecule has 4 heteroatoms. The number of rotatable bonds is 5. The summed E-state index contributed by atoms with van der Waals surface area (Å²) in [6, 6.07) is 3.59. The molecule has 88 valence electrons. The molecule has 0 unspecified atom stereocenters. The number of hydrogen-bond acceptors (Lipinski definition) is 3. The summed E-state index contributed by atoms with van der Waals surface area (Å²) in [5, 5.41) is 0.501. The highest BCUT2D eigenvalue weighted by atomic mass is 35.5. The first-order valence-corrected chi connectivity index (χ1v) is 5.30. The van der Waals surface area contributed by atoms with Gasteiger partial charge in [0.1, 0.15) is 6.61 Å². The van der Waals surface area contributed by atoms with E-state index in [0.717, 1.165) is 11.1 Å². The van der Waals surface area contributed by atoms with Gasteiger partial charge in [-0.05, 0) is 30.2 Å². The van der Waals surface area contributed by atoms with Crippen LogP contribution in [0.3, 0.4) is 0 Å². The lowest BCUT2D eigenvalue weighted by Gasteiger charge is -2.13. The Morgan fingerprint density at radius 2 is 2.19 bits per heavy atom. The molecule has 0 saturated heterocycles. The van der Waals surface area contributed by atoms with Gasteiger partial charge in [0.25, 0.3) is 0 Å². The highest BCUT2D eigenvalue weighted by Gasteiger charge is 2.11. The van der Waals surface area contributed by atoms with Gasteiger partial charge in [-0.1, -0.05) is 18.2 Å². The molecule has 0 bridgehead atoms. The summed E-state index contributed by atoms with van der Waals surface area (Å²) < 4.78 is 10.7. The van der Waals surface area contributed by atoms with E-state index in [4.69, 9.17) is 26.8 Å². The minimum atomic E-state index is 0.414. The predicted octanol–water partition coefficient (Wildman–Crippen LogP) is 2.76. The molecule has 0 atom stereocenters. The third-order valence-corrected chi connectivity index (χ3v) is 2.27. The fourth-order valence-electron chi connectivity index (χ4n) is 1.23. The molecule has 0 aromatic heterocycles. The van der Waals surface area contributed by atoms with Crippen LogP contribution in [0.1, 0.15) is 12.5 Å². The zero-order valence-corrected chi connectivity index (χ0v) is 10.3. The van der Waals surface area contributed by atoms with Crippen LogP contribution in [0.5, 0.6) is 11.5 Å². The molecule has 1 rings (SSSR count). The Hall–Kier alpha value is -1.19. The molecule has 1 aromatic carbocycles. The Bertz CT molecular complexity index is 391. The lowest BCUT2D eigenvalue weighted by atomic mass is 10.2. The predicted molar refractivity (Wildman–Crippen MR) is 66.2 cm³/mol. The van der Waals surface area contributed by atoms with Crippen LogP contribution in [0.25, 0.3) is 0 Å². The van der Waals surface area contributed by atoms with E-state index in [0.29, 0.717) is 29.7 Å². The van der Waals surface area contributed by atoms with Crippen molar-refractivity contribution in [2.24, 2.45) is 5.73 Å². The molecule has 0 heterocycles. The van der Waals surface area contributed by atoms with Crippen molar-refractivity contribution in [2.75, 3.05) is 13.7 Å². The molecule has 3 nitrogen and oxygen atoms in total. The van der Waals surface area contributed by atoms with Gasteiger partial charge in [0.15, 0.2) is 11.5 Å². The number of hydrogen-bond donors (Lipinski definition) is 1. The molecular formula is C12H16ClNO2. The van der Waals surface area contributed by atoms with Crippen molar-refractivity contribution in [3.05, 3.63) is 34.9 Å². The van der Waals surface area contributed by atoms with Crippen LogP contribution in [0.4, 0.5) is 0 Å². The molecule has 0 aliphatic carbocycles. The standard InChI is InChI=1S/C12H16ClNO2/c1-8(2)7-16-12-10(13)4-9(6-14)5-11(12)15-3/h4-5H,1,6-7,14H2,2-3H3. The Kier molecular flexibility index (Phi) is 4.65. The maximum Gasteiger partial charge on any atom is 0.180 e. The third-order valence-electron chi connectivity index (χ3n) is 1.99. The second-order valence-electron chi connectivity index (χ2n) is 3.56. The van der Waals surface area contributed by atoms with Crippen LogP contribution in [0.15, 0.2) is 24.3 Å².